The van der Waals surface area contributed by atoms with Crippen LogP contribution in [0.1, 0.15) is 34.1 Å². The standard InChI is InChI=1S/C19H23BrN4O/c1-13(25)24(14-8-6-5-7-9-14)15-10-11-16-18(17(15)20)21-22-23(16)12-19(2,3)4/h5-9,11,15H,10,12H2,1-4H3. The smallest absolute Gasteiger partial charge is 0.224 e. The number of amides is 1. The number of nitrogens with zero attached hydrogens (tertiary/aromatic N) is 4. The summed E-state index contributed by atoms with van der Waals surface area (Å²) in [5.41, 5.74) is 1.00. The van der Waals surface area contributed by atoms with Crippen molar-refractivity contribution in [1.29, 1.82) is 0 Å². The number of carbonyl (C=O) groups excluding carboxylic acids is 1. The van der Waals surface area contributed by atoms with Crippen LogP contribution in [0.25, 0.3) is 10.6 Å². The van der Waals surface area contributed by atoms with Crippen molar-refractivity contribution in [3.8, 4) is 0 Å². The molecule has 0 saturated heterocycles. The van der Waals surface area contributed by atoms with E-state index < -0.39 is 0 Å². The summed E-state index contributed by atoms with van der Waals surface area (Å²) in [6.07, 6.45) is 2.86. The predicted octanol–water partition coefficient (Wildman–Crippen LogP) is 2.43. The Balaban J connectivity index is 2.04. The van der Waals surface area contributed by atoms with E-state index in [2.05, 4.69) is 53.1 Å². The number of hydrogen-bond donors (Lipinski definition) is 0. The second-order valence-electron chi connectivity index (χ2n) is 7.57. The van der Waals surface area contributed by atoms with Gasteiger partial charge in [0, 0.05) is 23.6 Å². The molecule has 3 rings (SSSR count). The minimum absolute atomic E-state index is 0.00656. The topological polar surface area (TPSA) is 51.0 Å². The Morgan fingerprint density at radius 3 is 2.60 bits per heavy atom. The molecule has 0 N–H and O–H groups in total. The molecule has 1 amide bonds. The van der Waals surface area contributed by atoms with Gasteiger partial charge < -0.3 is 4.90 Å². The summed E-state index contributed by atoms with van der Waals surface area (Å²) in [5, 5.41) is 10.5. The number of fused-ring (bicyclic) bond motifs is 1. The quantitative estimate of drug-likeness (QED) is 0.791. The molecule has 1 aliphatic carbocycles. The minimum atomic E-state index is -0.104. The van der Waals surface area contributed by atoms with Gasteiger partial charge >= 0.3 is 0 Å². The monoisotopic (exact) mass is 402 g/mol. The van der Waals surface area contributed by atoms with E-state index in [1.165, 1.54) is 0 Å². The molecule has 132 valence electrons. The van der Waals surface area contributed by atoms with E-state index in [-0.39, 0.29) is 17.4 Å². The summed E-state index contributed by atoms with van der Waals surface area (Å²) >= 11 is 3.70. The second kappa shape index (κ2) is 6.75. The minimum Gasteiger partial charge on any atom is -0.304 e. The zero-order valence-electron chi connectivity index (χ0n) is 15.0. The van der Waals surface area contributed by atoms with Gasteiger partial charge in [-0.1, -0.05) is 66.2 Å². The van der Waals surface area contributed by atoms with E-state index >= 15 is 0 Å². The number of carbonyl (C=O) groups is 1. The average molecular weight is 403 g/mol. The molecular formula is C19H23BrN4O. The van der Waals surface area contributed by atoms with Crippen molar-refractivity contribution in [3.63, 3.8) is 0 Å². The normalized spacial score (nSPS) is 17.0. The molecule has 6 heteroatoms. The lowest BCUT2D eigenvalue weighted by molar-refractivity contribution is -0.116. The van der Waals surface area contributed by atoms with E-state index in [0.29, 0.717) is 0 Å². The second-order valence-corrected chi connectivity index (χ2v) is 8.42. The molecule has 0 aliphatic heterocycles. The van der Waals surface area contributed by atoms with Crippen molar-refractivity contribution in [3.05, 3.63) is 41.0 Å². The summed E-state index contributed by atoms with van der Waals surface area (Å²) in [7, 11) is 0. The van der Waals surface area contributed by atoms with Crippen LogP contribution < -0.4 is 15.6 Å². The molecule has 1 aliphatic rings. The molecular weight excluding hydrogens is 380 g/mol. The predicted molar refractivity (Wildman–Crippen MR) is 104 cm³/mol. The number of para-hydroxylation sites is 1. The number of rotatable bonds is 3. The Hall–Kier alpha value is -1.95. The molecule has 1 aromatic heterocycles. The molecule has 0 bridgehead atoms. The number of anilines is 1. The molecule has 1 heterocycles. The van der Waals surface area contributed by atoms with Gasteiger partial charge in [0.1, 0.15) is 5.35 Å². The van der Waals surface area contributed by atoms with Crippen molar-refractivity contribution in [2.45, 2.75) is 46.7 Å². The van der Waals surface area contributed by atoms with Crippen LogP contribution in [0.15, 0.2) is 30.3 Å². The molecule has 0 spiro atoms. The lowest BCUT2D eigenvalue weighted by Crippen LogP contribution is -2.46. The molecule has 0 radical (unpaired) electrons. The van der Waals surface area contributed by atoms with Gasteiger partial charge in [-0.2, -0.15) is 0 Å². The molecule has 2 aromatic rings. The molecule has 0 fully saturated rings. The van der Waals surface area contributed by atoms with Crippen LogP contribution in [0, 0.1) is 5.41 Å². The van der Waals surface area contributed by atoms with E-state index in [1.54, 1.807) is 6.92 Å². The van der Waals surface area contributed by atoms with E-state index in [4.69, 9.17) is 0 Å². The fourth-order valence-corrected chi connectivity index (χ4v) is 3.81. The highest BCUT2D eigenvalue weighted by Gasteiger charge is 2.28. The fourth-order valence-electron chi connectivity index (χ4n) is 3.13. The van der Waals surface area contributed by atoms with Crippen LogP contribution in [0.4, 0.5) is 5.69 Å². The van der Waals surface area contributed by atoms with Crippen LogP contribution >= 0.6 is 15.9 Å². The lowest BCUT2D eigenvalue weighted by atomic mass is 9.97. The molecule has 0 saturated carbocycles. The van der Waals surface area contributed by atoms with Gasteiger partial charge in [-0.25, -0.2) is 4.68 Å². The molecule has 1 atom stereocenters. The molecule has 25 heavy (non-hydrogen) atoms. The van der Waals surface area contributed by atoms with E-state index in [1.807, 2.05) is 39.9 Å². The van der Waals surface area contributed by atoms with Crippen LogP contribution in [-0.2, 0) is 11.3 Å². The van der Waals surface area contributed by atoms with Gasteiger partial charge in [0.05, 0.1) is 11.4 Å². The number of aromatic nitrogens is 3. The SMILES string of the molecule is CC(=O)N(c1ccccc1)C1CC=c2c(nnn2CC(C)(C)C)=C1Br. The number of halogens is 1. The summed E-state index contributed by atoms with van der Waals surface area (Å²) in [5.74, 6) is 0.00656. The molecule has 5 nitrogen and oxygen atoms in total. The summed E-state index contributed by atoms with van der Waals surface area (Å²) < 4.78 is 2.86. The van der Waals surface area contributed by atoms with Gasteiger partial charge in [0.2, 0.25) is 5.91 Å². The third-order valence-electron chi connectivity index (χ3n) is 4.14. The Kier molecular flexibility index (Phi) is 4.82. The van der Waals surface area contributed by atoms with Crippen LogP contribution in [0.5, 0.6) is 0 Å². The Bertz CT molecular complexity index is 896. The first-order chi connectivity index (χ1) is 11.8. The van der Waals surface area contributed by atoms with Crippen molar-refractivity contribution in [1.82, 2.24) is 15.0 Å². The van der Waals surface area contributed by atoms with E-state index in [9.17, 15) is 4.79 Å². The van der Waals surface area contributed by atoms with Crippen LogP contribution in [0.3, 0.4) is 0 Å². The van der Waals surface area contributed by atoms with Crippen molar-refractivity contribution in [2.75, 3.05) is 4.90 Å². The third-order valence-corrected chi connectivity index (χ3v) is 5.04. The largest absolute Gasteiger partial charge is 0.304 e. The average Bonchev–Trinajstić information content (AvgIpc) is 2.92. The highest BCUT2D eigenvalue weighted by molar-refractivity contribution is 9.15. The van der Waals surface area contributed by atoms with Crippen molar-refractivity contribution >= 4 is 38.1 Å². The van der Waals surface area contributed by atoms with Gasteiger partial charge in [-0.3, -0.25) is 4.79 Å². The van der Waals surface area contributed by atoms with E-state index in [0.717, 1.165) is 33.8 Å². The van der Waals surface area contributed by atoms with Gasteiger partial charge in [0.25, 0.3) is 0 Å². The first kappa shape index (κ1) is 17.9. The third kappa shape index (κ3) is 3.68. The number of benzene rings is 1. The maximum absolute atomic E-state index is 12.3. The van der Waals surface area contributed by atoms with Gasteiger partial charge in [-0.05, 0) is 24.0 Å². The van der Waals surface area contributed by atoms with Crippen LogP contribution in [0.2, 0.25) is 0 Å². The first-order valence-electron chi connectivity index (χ1n) is 8.42. The zero-order valence-corrected chi connectivity index (χ0v) is 16.6. The number of hydrogen-bond acceptors (Lipinski definition) is 3. The Morgan fingerprint density at radius 1 is 1.32 bits per heavy atom. The van der Waals surface area contributed by atoms with Crippen LogP contribution in [-0.4, -0.2) is 26.9 Å². The Morgan fingerprint density at radius 2 is 2.00 bits per heavy atom. The summed E-state index contributed by atoms with van der Waals surface area (Å²) in [6.45, 7) is 8.93. The maximum atomic E-state index is 12.3. The highest BCUT2D eigenvalue weighted by atomic mass is 79.9. The fraction of sp³-hybridized carbons (Fsp3) is 0.421. The molecule has 1 unspecified atom stereocenters. The molecule has 1 aromatic carbocycles. The lowest BCUT2D eigenvalue weighted by Gasteiger charge is -2.31. The summed E-state index contributed by atoms with van der Waals surface area (Å²) in [4.78, 5) is 14.1. The van der Waals surface area contributed by atoms with Gasteiger partial charge in [0.15, 0.2) is 0 Å². The van der Waals surface area contributed by atoms with Crippen molar-refractivity contribution < 1.29 is 4.79 Å². The Labute approximate surface area is 156 Å². The first-order valence-corrected chi connectivity index (χ1v) is 9.21. The highest BCUT2D eigenvalue weighted by Crippen LogP contribution is 2.27. The zero-order chi connectivity index (χ0) is 18.2. The maximum Gasteiger partial charge on any atom is 0.224 e. The summed E-state index contributed by atoms with van der Waals surface area (Å²) in [6, 6.07) is 9.63. The van der Waals surface area contributed by atoms with Gasteiger partial charge in [-0.15, -0.1) is 5.10 Å². The van der Waals surface area contributed by atoms with Crippen molar-refractivity contribution in [2.24, 2.45) is 5.41 Å².